The Hall–Kier alpha value is -2.71. The Kier molecular flexibility index (Phi) is 5.85. The predicted molar refractivity (Wildman–Crippen MR) is 123 cm³/mol. The Morgan fingerprint density at radius 2 is 1.81 bits per heavy atom. The van der Waals surface area contributed by atoms with Gasteiger partial charge in [0.2, 0.25) is 0 Å². The first-order valence-electron chi connectivity index (χ1n) is 10.5. The van der Waals surface area contributed by atoms with Crippen LogP contribution in [0.15, 0.2) is 30.5 Å². The van der Waals surface area contributed by atoms with Crippen molar-refractivity contribution in [1.82, 2.24) is 14.9 Å². The minimum Gasteiger partial charge on any atom is -0.381 e. The molecule has 3 heterocycles. The molecule has 1 aromatic carbocycles. The molecule has 31 heavy (non-hydrogen) atoms. The lowest BCUT2D eigenvalue weighted by molar-refractivity contribution is 0.0697. The van der Waals surface area contributed by atoms with Crippen LogP contribution in [0.2, 0.25) is 0 Å². The zero-order chi connectivity index (χ0) is 22.2. The topological polar surface area (TPSA) is 85.2 Å². The number of benzene rings is 1. The van der Waals surface area contributed by atoms with Gasteiger partial charge in [0.25, 0.3) is 11.8 Å². The van der Waals surface area contributed by atoms with Crippen LogP contribution in [0, 0.1) is 6.92 Å². The highest BCUT2D eigenvalue weighted by Gasteiger charge is 2.27. The lowest BCUT2D eigenvalue weighted by Gasteiger charge is -2.23. The van der Waals surface area contributed by atoms with Crippen molar-refractivity contribution >= 4 is 38.6 Å². The summed E-state index contributed by atoms with van der Waals surface area (Å²) in [7, 11) is 0. The molecule has 0 saturated carbocycles. The van der Waals surface area contributed by atoms with Crippen molar-refractivity contribution in [2.45, 2.75) is 52.1 Å². The molecule has 7 nitrogen and oxygen atoms in total. The third-order valence-corrected chi connectivity index (χ3v) is 6.39. The van der Waals surface area contributed by atoms with Gasteiger partial charge in [0.15, 0.2) is 10.8 Å². The first-order valence-corrected chi connectivity index (χ1v) is 11.3. The van der Waals surface area contributed by atoms with Gasteiger partial charge in [-0.2, -0.15) is 0 Å². The van der Waals surface area contributed by atoms with Gasteiger partial charge in [-0.25, -0.2) is 4.98 Å². The number of nitrogens with one attached hydrogen (secondary N) is 2. The Balaban J connectivity index is 1.64. The van der Waals surface area contributed by atoms with Crippen molar-refractivity contribution in [3.05, 3.63) is 47.2 Å². The smallest absolute Gasteiger partial charge is 0.257 e. The van der Waals surface area contributed by atoms with Gasteiger partial charge < -0.3 is 14.6 Å². The van der Waals surface area contributed by atoms with Gasteiger partial charge in [-0.15, -0.1) is 0 Å². The van der Waals surface area contributed by atoms with Crippen LogP contribution < -0.4 is 10.6 Å². The second-order valence-corrected chi connectivity index (χ2v) is 9.93. The van der Waals surface area contributed by atoms with E-state index in [1.165, 1.54) is 11.3 Å². The maximum Gasteiger partial charge on any atom is 0.257 e. The number of carbonyl (C=O) groups is 2. The van der Waals surface area contributed by atoms with Crippen LogP contribution >= 0.6 is 11.3 Å². The monoisotopic (exact) mass is 440 g/mol. The number of nitrogens with zero attached hydrogens (tertiary/aromatic N) is 2. The molecule has 164 valence electrons. The molecule has 0 spiro atoms. The van der Waals surface area contributed by atoms with Crippen LogP contribution in [0.25, 0.3) is 10.3 Å². The molecule has 2 amide bonds. The van der Waals surface area contributed by atoms with E-state index in [1.807, 2.05) is 29.8 Å². The standard InChI is InChI=1S/C23H28N4O3S/c1-14-5-7-15(8-6-14)20(28)26-22-25-19-18(31-22)17(13-27(19)23(2,3)4)21(29)24-16-9-11-30-12-10-16/h5-8,13,16H,9-12H2,1-4H3,(H,24,29)(H,25,26,28). The molecule has 4 rings (SSSR count). The number of hydrogen-bond donors (Lipinski definition) is 2. The van der Waals surface area contributed by atoms with E-state index < -0.39 is 0 Å². The van der Waals surface area contributed by atoms with Gasteiger partial charge in [0, 0.05) is 36.6 Å². The molecule has 0 radical (unpaired) electrons. The molecule has 3 aromatic rings. The minimum atomic E-state index is -0.262. The van der Waals surface area contributed by atoms with Crippen molar-refractivity contribution in [2.75, 3.05) is 18.5 Å². The molecule has 1 fully saturated rings. The van der Waals surface area contributed by atoms with E-state index in [9.17, 15) is 9.59 Å². The minimum absolute atomic E-state index is 0.111. The number of aromatic nitrogens is 2. The van der Waals surface area contributed by atoms with Gasteiger partial charge in [-0.1, -0.05) is 29.0 Å². The summed E-state index contributed by atoms with van der Waals surface area (Å²) >= 11 is 1.33. The van der Waals surface area contributed by atoms with Crippen molar-refractivity contribution in [2.24, 2.45) is 0 Å². The van der Waals surface area contributed by atoms with E-state index in [4.69, 9.17) is 4.74 Å². The molecule has 1 aliphatic heterocycles. The number of carbonyl (C=O) groups excluding carboxylic acids is 2. The summed E-state index contributed by atoms with van der Waals surface area (Å²) < 4.78 is 8.16. The fraction of sp³-hybridized carbons (Fsp3) is 0.435. The summed E-state index contributed by atoms with van der Waals surface area (Å²) in [6.45, 7) is 9.51. The van der Waals surface area contributed by atoms with Crippen LogP contribution in [-0.2, 0) is 10.3 Å². The zero-order valence-corrected chi connectivity index (χ0v) is 19.1. The van der Waals surface area contributed by atoms with Gasteiger partial charge in [-0.05, 0) is 52.7 Å². The van der Waals surface area contributed by atoms with Gasteiger partial charge in [0.1, 0.15) is 0 Å². The molecule has 2 N–H and O–H groups in total. The Morgan fingerprint density at radius 3 is 2.45 bits per heavy atom. The maximum atomic E-state index is 13.1. The molecular formula is C23H28N4O3S. The van der Waals surface area contributed by atoms with Crippen molar-refractivity contribution in [3.63, 3.8) is 0 Å². The van der Waals surface area contributed by atoms with Crippen molar-refractivity contribution in [3.8, 4) is 0 Å². The van der Waals surface area contributed by atoms with Crippen LogP contribution in [0.1, 0.15) is 59.9 Å². The molecule has 0 bridgehead atoms. The van der Waals surface area contributed by atoms with Gasteiger partial charge in [0.05, 0.1) is 10.3 Å². The summed E-state index contributed by atoms with van der Waals surface area (Å²) in [5.41, 5.74) is 2.69. The second-order valence-electron chi connectivity index (χ2n) is 8.94. The average molecular weight is 441 g/mol. The van der Waals surface area contributed by atoms with E-state index in [2.05, 4.69) is 36.4 Å². The number of fused-ring (bicyclic) bond motifs is 1. The third-order valence-electron chi connectivity index (χ3n) is 5.40. The summed E-state index contributed by atoms with van der Waals surface area (Å²) in [6, 6.07) is 7.50. The fourth-order valence-corrected chi connectivity index (χ4v) is 4.57. The summed E-state index contributed by atoms with van der Waals surface area (Å²) in [5.74, 6) is -0.327. The van der Waals surface area contributed by atoms with Crippen molar-refractivity contribution < 1.29 is 14.3 Å². The largest absolute Gasteiger partial charge is 0.381 e. The molecular weight excluding hydrogens is 412 g/mol. The second kappa shape index (κ2) is 8.43. The number of thiazole rings is 1. The lowest BCUT2D eigenvalue weighted by atomic mass is 10.1. The summed E-state index contributed by atoms with van der Waals surface area (Å²) in [5, 5.41) is 6.50. The molecule has 1 saturated heterocycles. The third kappa shape index (κ3) is 4.65. The van der Waals surface area contributed by atoms with E-state index in [0.29, 0.717) is 35.1 Å². The lowest BCUT2D eigenvalue weighted by Crippen LogP contribution is -2.38. The normalized spacial score (nSPS) is 15.2. The number of amides is 2. The molecule has 2 aromatic heterocycles. The molecule has 0 atom stereocenters. The zero-order valence-electron chi connectivity index (χ0n) is 18.3. The molecule has 0 unspecified atom stereocenters. The molecule has 8 heteroatoms. The summed E-state index contributed by atoms with van der Waals surface area (Å²) in [6.07, 6.45) is 3.50. The Labute approximate surface area is 185 Å². The Bertz CT molecular complexity index is 1100. The van der Waals surface area contributed by atoms with E-state index >= 15 is 0 Å². The van der Waals surface area contributed by atoms with Crippen LogP contribution in [0.4, 0.5) is 5.13 Å². The quantitative estimate of drug-likeness (QED) is 0.633. The SMILES string of the molecule is Cc1ccc(C(=O)Nc2nc3c(s2)c(C(=O)NC2CCOCC2)cn3C(C)(C)C)cc1. The highest BCUT2D eigenvalue weighted by molar-refractivity contribution is 7.22. The van der Waals surface area contributed by atoms with Gasteiger partial charge >= 0.3 is 0 Å². The number of hydrogen-bond acceptors (Lipinski definition) is 5. The average Bonchev–Trinajstić information content (AvgIpc) is 3.27. The number of rotatable bonds is 4. The highest BCUT2D eigenvalue weighted by Crippen LogP contribution is 2.34. The summed E-state index contributed by atoms with van der Waals surface area (Å²) in [4.78, 5) is 30.4. The predicted octanol–water partition coefficient (Wildman–Crippen LogP) is 4.32. The van der Waals surface area contributed by atoms with E-state index in [1.54, 1.807) is 12.1 Å². The first kappa shape index (κ1) is 21.5. The number of ether oxygens (including phenoxy) is 1. The van der Waals surface area contributed by atoms with E-state index in [-0.39, 0.29) is 23.4 Å². The number of aryl methyl sites for hydroxylation is 1. The number of anilines is 1. The van der Waals surface area contributed by atoms with Crippen LogP contribution in [0.3, 0.4) is 0 Å². The van der Waals surface area contributed by atoms with Crippen molar-refractivity contribution in [1.29, 1.82) is 0 Å². The maximum absolute atomic E-state index is 13.1. The Morgan fingerprint density at radius 1 is 1.13 bits per heavy atom. The van der Waals surface area contributed by atoms with Crippen LogP contribution in [0.5, 0.6) is 0 Å². The molecule has 0 aliphatic carbocycles. The van der Waals surface area contributed by atoms with Gasteiger partial charge in [-0.3, -0.25) is 14.9 Å². The highest BCUT2D eigenvalue weighted by atomic mass is 32.1. The van der Waals surface area contributed by atoms with Crippen LogP contribution in [-0.4, -0.2) is 40.6 Å². The first-order chi connectivity index (χ1) is 14.7. The molecule has 1 aliphatic rings. The fourth-order valence-electron chi connectivity index (χ4n) is 3.61. The van der Waals surface area contributed by atoms with E-state index in [0.717, 1.165) is 23.1 Å².